The third-order valence-electron chi connectivity index (χ3n) is 3.17. The van der Waals surface area contributed by atoms with Gasteiger partial charge >= 0.3 is 0 Å². The normalized spacial score (nSPS) is 13.1. The van der Waals surface area contributed by atoms with Gasteiger partial charge in [0.2, 0.25) is 5.91 Å². The number of hydrogen-bond acceptors (Lipinski definition) is 6. The minimum atomic E-state index is -0.0378. The van der Waals surface area contributed by atoms with Crippen molar-refractivity contribution in [1.82, 2.24) is 25.1 Å². The first-order valence-corrected chi connectivity index (χ1v) is 8.83. The molecule has 1 amide bonds. The summed E-state index contributed by atoms with van der Waals surface area (Å²) in [4.78, 5) is 16.3. The maximum atomic E-state index is 12.2. The van der Waals surface area contributed by atoms with Gasteiger partial charge in [-0.25, -0.2) is 4.98 Å². The van der Waals surface area contributed by atoms with Crippen molar-refractivity contribution in [1.29, 1.82) is 0 Å². The molecular weight excluding hydrogens is 318 g/mol. The Kier molecular flexibility index (Phi) is 5.57. The number of nitrogens with zero attached hydrogens (tertiary/aromatic N) is 4. The molecule has 1 N–H and O–H groups in total. The van der Waals surface area contributed by atoms with Gasteiger partial charge in [-0.15, -0.1) is 10.2 Å². The average Bonchev–Trinajstić information content (AvgIpc) is 3.06. The number of hydrogen-bond donors (Lipinski definition) is 1. The predicted octanol–water partition coefficient (Wildman–Crippen LogP) is 2.37. The Morgan fingerprint density at radius 1 is 1.45 bits per heavy atom. The number of nitrogens with one attached hydrogen (secondary N) is 1. The number of rotatable bonds is 6. The summed E-state index contributed by atoms with van der Waals surface area (Å²) in [5.74, 6) is 0.364. The Labute approximate surface area is 138 Å². The van der Waals surface area contributed by atoms with Crippen LogP contribution in [0.3, 0.4) is 0 Å². The van der Waals surface area contributed by atoms with Crippen molar-refractivity contribution in [2.45, 2.75) is 44.6 Å². The Morgan fingerprint density at radius 2 is 2.23 bits per heavy atom. The molecule has 22 heavy (non-hydrogen) atoms. The molecule has 1 unspecified atom stereocenters. The van der Waals surface area contributed by atoms with Gasteiger partial charge in [-0.1, -0.05) is 43.9 Å². The fourth-order valence-electron chi connectivity index (χ4n) is 1.84. The molecule has 2 aromatic rings. The standard InChI is InChI=1S/C14H21N5OS2/c1-10-17-18-13(22-10)21-8-12(20)16-11(14(2,3)4)7-19-6-5-15-9-19/h5-6,9,11H,7-8H2,1-4H3,(H,16,20). The van der Waals surface area contributed by atoms with E-state index in [1.165, 1.54) is 23.1 Å². The van der Waals surface area contributed by atoms with Crippen LogP contribution in [0.5, 0.6) is 0 Å². The highest BCUT2D eigenvalue weighted by atomic mass is 32.2. The second-order valence-corrected chi connectivity index (χ2v) is 8.53. The lowest BCUT2D eigenvalue weighted by atomic mass is 9.86. The van der Waals surface area contributed by atoms with E-state index in [1.807, 2.05) is 17.7 Å². The molecule has 0 fully saturated rings. The SMILES string of the molecule is Cc1nnc(SCC(=O)NC(Cn2ccnc2)C(C)(C)C)s1. The molecule has 8 heteroatoms. The van der Waals surface area contributed by atoms with E-state index in [0.717, 1.165) is 9.35 Å². The second-order valence-electron chi connectivity index (χ2n) is 6.12. The van der Waals surface area contributed by atoms with E-state index >= 15 is 0 Å². The quantitative estimate of drug-likeness (QED) is 0.818. The Morgan fingerprint density at radius 3 is 2.77 bits per heavy atom. The molecular formula is C14H21N5OS2. The molecule has 0 aliphatic carbocycles. The van der Waals surface area contributed by atoms with Crippen LogP contribution in [0.4, 0.5) is 0 Å². The Balaban J connectivity index is 1.90. The first-order valence-electron chi connectivity index (χ1n) is 7.02. The molecule has 2 rings (SSSR count). The van der Waals surface area contributed by atoms with Gasteiger partial charge in [0.05, 0.1) is 18.1 Å². The van der Waals surface area contributed by atoms with Gasteiger partial charge in [0.25, 0.3) is 0 Å². The van der Waals surface area contributed by atoms with E-state index in [9.17, 15) is 4.79 Å². The highest BCUT2D eigenvalue weighted by molar-refractivity contribution is 8.01. The zero-order chi connectivity index (χ0) is 16.2. The minimum absolute atomic E-state index is 0.0119. The summed E-state index contributed by atoms with van der Waals surface area (Å²) in [5.41, 5.74) is -0.0378. The summed E-state index contributed by atoms with van der Waals surface area (Å²) in [6.07, 6.45) is 5.42. The summed E-state index contributed by atoms with van der Waals surface area (Å²) in [7, 11) is 0. The number of aromatic nitrogens is 4. The first-order chi connectivity index (χ1) is 10.3. The summed E-state index contributed by atoms with van der Waals surface area (Å²) < 4.78 is 2.81. The van der Waals surface area contributed by atoms with Crippen molar-refractivity contribution < 1.29 is 4.79 Å². The third-order valence-corrected chi connectivity index (χ3v) is 5.14. The maximum absolute atomic E-state index is 12.2. The van der Waals surface area contributed by atoms with Gasteiger partial charge in [-0.3, -0.25) is 4.79 Å². The summed E-state index contributed by atoms with van der Waals surface area (Å²) in [6, 6.07) is 0.0333. The van der Waals surface area contributed by atoms with Crippen LogP contribution in [0.25, 0.3) is 0 Å². The van der Waals surface area contributed by atoms with E-state index < -0.39 is 0 Å². The van der Waals surface area contributed by atoms with Crippen molar-refractivity contribution in [2.75, 3.05) is 5.75 Å². The molecule has 120 valence electrons. The molecule has 0 saturated heterocycles. The first kappa shape index (κ1) is 17.0. The molecule has 0 aliphatic rings. The molecule has 0 saturated carbocycles. The van der Waals surface area contributed by atoms with Crippen LogP contribution in [-0.2, 0) is 11.3 Å². The lowest BCUT2D eigenvalue weighted by Gasteiger charge is -2.31. The van der Waals surface area contributed by atoms with Crippen molar-refractivity contribution in [3.05, 3.63) is 23.7 Å². The summed E-state index contributed by atoms with van der Waals surface area (Å²) >= 11 is 2.93. The van der Waals surface area contributed by atoms with Gasteiger partial charge in [0, 0.05) is 18.9 Å². The molecule has 0 bridgehead atoms. The number of thioether (sulfide) groups is 1. The third kappa shape index (κ3) is 5.10. The molecule has 0 aromatic carbocycles. The number of imidazole rings is 1. The fourth-order valence-corrected chi connectivity index (χ4v) is 3.47. The molecule has 0 radical (unpaired) electrons. The lowest BCUT2D eigenvalue weighted by Crippen LogP contribution is -2.46. The number of carbonyl (C=O) groups is 1. The number of aryl methyl sites for hydroxylation is 1. The van der Waals surface area contributed by atoms with Gasteiger partial charge in [0.1, 0.15) is 5.01 Å². The summed E-state index contributed by atoms with van der Waals surface area (Å²) in [5, 5.41) is 12.0. The topological polar surface area (TPSA) is 72.7 Å². The fraction of sp³-hybridized carbons (Fsp3) is 0.571. The van der Waals surface area contributed by atoms with E-state index in [4.69, 9.17) is 0 Å². The molecule has 2 aromatic heterocycles. The minimum Gasteiger partial charge on any atom is -0.350 e. The number of amides is 1. The van der Waals surface area contributed by atoms with Crippen LogP contribution in [0.2, 0.25) is 0 Å². The van der Waals surface area contributed by atoms with Crippen molar-refractivity contribution in [3.63, 3.8) is 0 Å². The number of carbonyl (C=O) groups excluding carboxylic acids is 1. The largest absolute Gasteiger partial charge is 0.350 e. The molecule has 0 spiro atoms. The van der Waals surface area contributed by atoms with E-state index in [-0.39, 0.29) is 17.4 Å². The lowest BCUT2D eigenvalue weighted by molar-refractivity contribution is -0.120. The van der Waals surface area contributed by atoms with Gasteiger partial charge in [-0.05, 0) is 12.3 Å². The van der Waals surface area contributed by atoms with Crippen LogP contribution < -0.4 is 5.32 Å². The van der Waals surface area contributed by atoms with Gasteiger partial charge in [0.15, 0.2) is 4.34 Å². The monoisotopic (exact) mass is 339 g/mol. The van der Waals surface area contributed by atoms with E-state index in [0.29, 0.717) is 12.3 Å². The van der Waals surface area contributed by atoms with Crippen molar-refractivity contribution in [2.24, 2.45) is 5.41 Å². The molecule has 2 heterocycles. The zero-order valence-electron chi connectivity index (χ0n) is 13.2. The summed E-state index contributed by atoms with van der Waals surface area (Å²) in [6.45, 7) is 8.97. The van der Waals surface area contributed by atoms with Crippen LogP contribution in [-0.4, -0.2) is 37.5 Å². The van der Waals surface area contributed by atoms with Crippen molar-refractivity contribution >= 4 is 29.0 Å². The van der Waals surface area contributed by atoms with Crippen LogP contribution in [0.1, 0.15) is 25.8 Å². The second kappa shape index (κ2) is 7.23. The zero-order valence-corrected chi connectivity index (χ0v) is 14.9. The van der Waals surface area contributed by atoms with Crippen LogP contribution >= 0.6 is 23.1 Å². The Hall–Kier alpha value is -1.41. The van der Waals surface area contributed by atoms with E-state index in [1.54, 1.807) is 12.5 Å². The average molecular weight is 339 g/mol. The smallest absolute Gasteiger partial charge is 0.230 e. The predicted molar refractivity (Wildman–Crippen MR) is 89.0 cm³/mol. The molecule has 0 aliphatic heterocycles. The van der Waals surface area contributed by atoms with Crippen molar-refractivity contribution in [3.8, 4) is 0 Å². The highest BCUT2D eigenvalue weighted by Gasteiger charge is 2.26. The van der Waals surface area contributed by atoms with E-state index in [2.05, 4.69) is 41.3 Å². The highest BCUT2D eigenvalue weighted by Crippen LogP contribution is 2.23. The maximum Gasteiger partial charge on any atom is 0.230 e. The Bertz CT molecular complexity index is 603. The molecule has 6 nitrogen and oxygen atoms in total. The van der Waals surface area contributed by atoms with Gasteiger partial charge in [-0.2, -0.15) is 0 Å². The van der Waals surface area contributed by atoms with Crippen LogP contribution in [0.15, 0.2) is 23.1 Å². The van der Waals surface area contributed by atoms with Gasteiger partial charge < -0.3 is 9.88 Å². The van der Waals surface area contributed by atoms with Crippen LogP contribution in [0, 0.1) is 12.3 Å². The molecule has 1 atom stereocenters.